The molecule has 0 aliphatic rings. The average molecular weight is 238 g/mol. The van der Waals surface area contributed by atoms with Crippen LogP contribution in [0, 0.1) is 12.7 Å². The third-order valence-electron chi connectivity index (χ3n) is 2.10. The van der Waals surface area contributed by atoms with Gasteiger partial charge in [-0.25, -0.2) is 13.2 Å². The fourth-order valence-electron chi connectivity index (χ4n) is 1.24. The lowest BCUT2D eigenvalue weighted by Crippen LogP contribution is -2.19. The second kappa shape index (κ2) is 4.41. The van der Waals surface area contributed by atoms with Crippen molar-refractivity contribution in [3.05, 3.63) is 34.1 Å². The summed E-state index contributed by atoms with van der Waals surface area (Å²) >= 11 is 5.63. The zero-order chi connectivity index (χ0) is 11.6. The van der Waals surface area contributed by atoms with E-state index < -0.39 is 23.7 Å². The van der Waals surface area contributed by atoms with Gasteiger partial charge in [-0.3, -0.25) is 0 Å². The zero-order valence-electron chi connectivity index (χ0n) is 8.16. The van der Waals surface area contributed by atoms with Crippen LogP contribution in [-0.4, -0.2) is 6.54 Å². The number of benzene rings is 1. The highest BCUT2D eigenvalue weighted by atomic mass is 35.5. The number of halogens is 4. The molecule has 0 saturated heterocycles. The van der Waals surface area contributed by atoms with Crippen molar-refractivity contribution in [3.63, 3.8) is 0 Å². The van der Waals surface area contributed by atoms with Gasteiger partial charge in [0.1, 0.15) is 5.82 Å². The molecule has 0 unspecified atom stereocenters. The molecule has 2 N–H and O–H groups in total. The number of nitrogens with two attached hydrogens (primary N) is 1. The standard InChI is InChI=1S/C10H11ClF3N/c1-6-4-8(11)7(5-9(6)12)10(13,14)2-3-15/h4-5H,2-3,15H2,1H3. The van der Waals surface area contributed by atoms with E-state index in [4.69, 9.17) is 17.3 Å². The van der Waals surface area contributed by atoms with E-state index >= 15 is 0 Å². The fourth-order valence-corrected chi connectivity index (χ4v) is 1.60. The largest absolute Gasteiger partial charge is 0.330 e. The van der Waals surface area contributed by atoms with Crippen molar-refractivity contribution in [2.75, 3.05) is 6.54 Å². The van der Waals surface area contributed by atoms with Gasteiger partial charge in [-0.1, -0.05) is 11.6 Å². The summed E-state index contributed by atoms with van der Waals surface area (Å²) in [4.78, 5) is 0. The molecule has 0 amide bonds. The van der Waals surface area contributed by atoms with Gasteiger partial charge >= 0.3 is 0 Å². The molecule has 0 aliphatic carbocycles. The molecular weight excluding hydrogens is 227 g/mol. The second-order valence-corrected chi connectivity index (χ2v) is 3.73. The second-order valence-electron chi connectivity index (χ2n) is 3.32. The quantitative estimate of drug-likeness (QED) is 0.858. The molecule has 1 aromatic rings. The van der Waals surface area contributed by atoms with Crippen LogP contribution in [-0.2, 0) is 5.92 Å². The molecule has 0 fully saturated rings. The highest BCUT2D eigenvalue weighted by Crippen LogP contribution is 2.36. The van der Waals surface area contributed by atoms with Crippen molar-refractivity contribution < 1.29 is 13.2 Å². The zero-order valence-corrected chi connectivity index (χ0v) is 8.91. The summed E-state index contributed by atoms with van der Waals surface area (Å²) in [5.41, 5.74) is 4.79. The molecule has 0 bridgehead atoms. The first-order valence-electron chi connectivity index (χ1n) is 4.42. The van der Waals surface area contributed by atoms with Crippen LogP contribution in [0.3, 0.4) is 0 Å². The molecule has 0 saturated carbocycles. The lowest BCUT2D eigenvalue weighted by atomic mass is 10.0. The van der Waals surface area contributed by atoms with Crippen LogP contribution in [0.2, 0.25) is 5.02 Å². The van der Waals surface area contributed by atoms with Gasteiger partial charge in [0.2, 0.25) is 0 Å². The molecule has 1 rings (SSSR count). The van der Waals surface area contributed by atoms with Crippen LogP contribution in [0.15, 0.2) is 12.1 Å². The highest BCUT2D eigenvalue weighted by Gasteiger charge is 2.33. The predicted molar refractivity (Wildman–Crippen MR) is 53.7 cm³/mol. The Labute approximate surface area is 91.0 Å². The molecule has 0 aromatic heterocycles. The Kier molecular flexibility index (Phi) is 3.62. The van der Waals surface area contributed by atoms with Crippen molar-refractivity contribution in [3.8, 4) is 0 Å². The summed E-state index contributed by atoms with van der Waals surface area (Å²) in [6.07, 6.45) is -0.546. The summed E-state index contributed by atoms with van der Waals surface area (Å²) in [6.45, 7) is 1.28. The number of hydrogen-bond donors (Lipinski definition) is 1. The molecule has 0 aliphatic heterocycles. The molecule has 1 aromatic carbocycles. The predicted octanol–water partition coefficient (Wildman–Crippen LogP) is 3.23. The average Bonchev–Trinajstić information content (AvgIpc) is 2.11. The van der Waals surface area contributed by atoms with Crippen LogP contribution in [0.25, 0.3) is 0 Å². The molecule has 0 heterocycles. The van der Waals surface area contributed by atoms with Crippen molar-refractivity contribution in [1.29, 1.82) is 0 Å². The Hall–Kier alpha value is -0.740. The molecule has 0 radical (unpaired) electrons. The minimum Gasteiger partial charge on any atom is -0.330 e. The Balaban J connectivity index is 3.19. The lowest BCUT2D eigenvalue weighted by Gasteiger charge is -2.17. The van der Waals surface area contributed by atoms with Gasteiger partial charge in [0, 0.05) is 12.0 Å². The van der Waals surface area contributed by atoms with Gasteiger partial charge in [0.05, 0.1) is 5.02 Å². The smallest absolute Gasteiger partial charge is 0.276 e. The first kappa shape index (κ1) is 12.3. The van der Waals surface area contributed by atoms with E-state index in [0.717, 1.165) is 6.07 Å². The summed E-state index contributed by atoms with van der Waals surface area (Å²) in [5.74, 6) is -3.87. The normalized spacial score (nSPS) is 11.9. The van der Waals surface area contributed by atoms with E-state index in [0.29, 0.717) is 0 Å². The van der Waals surface area contributed by atoms with Gasteiger partial charge < -0.3 is 5.73 Å². The maximum atomic E-state index is 13.4. The van der Waals surface area contributed by atoms with Gasteiger partial charge in [0.15, 0.2) is 0 Å². The Morgan fingerprint density at radius 1 is 1.40 bits per heavy atom. The van der Waals surface area contributed by atoms with Crippen molar-refractivity contribution in [2.45, 2.75) is 19.3 Å². The molecule has 1 nitrogen and oxygen atoms in total. The number of hydrogen-bond acceptors (Lipinski definition) is 1. The Bertz CT molecular complexity index is 366. The van der Waals surface area contributed by atoms with Crippen LogP contribution in [0.5, 0.6) is 0 Å². The van der Waals surface area contributed by atoms with Crippen molar-refractivity contribution in [1.82, 2.24) is 0 Å². The summed E-state index contributed by atoms with van der Waals surface area (Å²) in [5, 5.41) is -0.132. The van der Waals surface area contributed by atoms with Crippen LogP contribution in [0.4, 0.5) is 13.2 Å². The molecule has 84 valence electrons. The van der Waals surface area contributed by atoms with Crippen LogP contribution < -0.4 is 5.73 Å². The molecule has 0 atom stereocenters. The van der Waals surface area contributed by atoms with E-state index in [1.807, 2.05) is 0 Å². The SMILES string of the molecule is Cc1cc(Cl)c(C(F)(F)CCN)cc1F. The van der Waals surface area contributed by atoms with Gasteiger partial charge in [-0.15, -0.1) is 0 Å². The lowest BCUT2D eigenvalue weighted by molar-refractivity contribution is -0.0109. The first-order chi connectivity index (χ1) is 6.88. The number of alkyl halides is 2. The fraction of sp³-hybridized carbons (Fsp3) is 0.400. The van der Waals surface area contributed by atoms with Crippen LogP contribution in [0.1, 0.15) is 17.5 Å². The van der Waals surface area contributed by atoms with Gasteiger partial charge in [-0.2, -0.15) is 0 Å². The molecule has 0 spiro atoms. The maximum absolute atomic E-state index is 13.4. The van der Waals surface area contributed by atoms with Crippen molar-refractivity contribution in [2.24, 2.45) is 5.73 Å². The van der Waals surface area contributed by atoms with E-state index in [2.05, 4.69) is 0 Å². The minimum atomic E-state index is -3.18. The van der Waals surface area contributed by atoms with Crippen LogP contribution >= 0.6 is 11.6 Å². The first-order valence-corrected chi connectivity index (χ1v) is 4.80. The minimum absolute atomic E-state index is 0.132. The van der Waals surface area contributed by atoms with Crippen molar-refractivity contribution >= 4 is 11.6 Å². The molecular formula is C10H11ClF3N. The number of aryl methyl sites for hydroxylation is 1. The summed E-state index contributed by atoms with van der Waals surface area (Å²) in [6, 6.07) is 1.96. The number of rotatable bonds is 3. The maximum Gasteiger partial charge on any atom is 0.276 e. The third-order valence-corrected chi connectivity index (χ3v) is 2.41. The topological polar surface area (TPSA) is 26.0 Å². The highest BCUT2D eigenvalue weighted by molar-refractivity contribution is 6.31. The monoisotopic (exact) mass is 237 g/mol. The Morgan fingerprint density at radius 3 is 2.53 bits per heavy atom. The van der Waals surface area contributed by atoms with E-state index in [-0.39, 0.29) is 17.1 Å². The van der Waals surface area contributed by atoms with Gasteiger partial charge in [0.25, 0.3) is 5.92 Å². The summed E-state index contributed by atoms with van der Waals surface area (Å²) < 4.78 is 39.9. The van der Waals surface area contributed by atoms with E-state index in [9.17, 15) is 13.2 Å². The summed E-state index contributed by atoms with van der Waals surface area (Å²) in [7, 11) is 0. The third kappa shape index (κ3) is 2.63. The Morgan fingerprint density at radius 2 is 2.00 bits per heavy atom. The van der Waals surface area contributed by atoms with Gasteiger partial charge in [-0.05, 0) is 31.2 Å². The molecule has 5 heteroatoms. The van der Waals surface area contributed by atoms with E-state index in [1.165, 1.54) is 13.0 Å². The van der Waals surface area contributed by atoms with E-state index in [1.54, 1.807) is 0 Å². The molecule has 15 heavy (non-hydrogen) atoms.